The number of ether oxygens (including phenoxy) is 3. The molecule has 2 N–H and O–H groups in total. The van der Waals surface area contributed by atoms with Crippen LogP contribution in [-0.4, -0.2) is 60.7 Å². The molecule has 126 valence electrons. The lowest BCUT2D eigenvalue weighted by atomic mass is 10.1. The van der Waals surface area contributed by atoms with Crippen molar-refractivity contribution in [2.75, 3.05) is 20.3 Å². The summed E-state index contributed by atoms with van der Waals surface area (Å²) < 4.78 is 16.3. The van der Waals surface area contributed by atoms with Crippen LogP contribution in [0.3, 0.4) is 0 Å². The van der Waals surface area contributed by atoms with Crippen molar-refractivity contribution in [2.45, 2.75) is 24.4 Å². The molecule has 7 nitrogen and oxygen atoms in total. The Morgan fingerprint density at radius 1 is 1.29 bits per heavy atom. The van der Waals surface area contributed by atoms with Gasteiger partial charge >= 0.3 is 0 Å². The van der Waals surface area contributed by atoms with E-state index in [-0.39, 0.29) is 30.8 Å². The first-order valence-electron chi connectivity index (χ1n) is 7.83. The first-order chi connectivity index (χ1) is 11.7. The van der Waals surface area contributed by atoms with Crippen molar-refractivity contribution in [2.24, 2.45) is 0 Å². The first-order valence-corrected chi connectivity index (χ1v) is 7.83. The summed E-state index contributed by atoms with van der Waals surface area (Å²) in [6.07, 6.45) is -1.34. The minimum Gasteiger partial charge on any atom is -0.481 e. The Balaban J connectivity index is 1.62. The number of para-hydroxylation sites is 1. The summed E-state index contributed by atoms with van der Waals surface area (Å²) in [5.74, 6) is 0.137. The zero-order valence-corrected chi connectivity index (χ0v) is 13.1. The average molecular weight is 330 g/mol. The normalized spacial score (nSPS) is 28.8. The Bertz CT molecular complexity index is 781. The van der Waals surface area contributed by atoms with E-state index in [0.717, 1.165) is 5.39 Å². The number of hydrogen-bond donors (Lipinski definition) is 2. The highest BCUT2D eigenvalue weighted by molar-refractivity contribution is 6.06. The first kappa shape index (κ1) is 15.3. The van der Waals surface area contributed by atoms with E-state index in [4.69, 9.17) is 14.2 Å². The van der Waals surface area contributed by atoms with Gasteiger partial charge < -0.3 is 24.6 Å². The summed E-state index contributed by atoms with van der Waals surface area (Å²) in [5.41, 5.74) is 1.18. The monoisotopic (exact) mass is 330 g/mol. The largest absolute Gasteiger partial charge is 0.481 e. The molecule has 1 aromatic heterocycles. The van der Waals surface area contributed by atoms with Crippen LogP contribution in [0.1, 0.15) is 10.4 Å². The molecule has 0 unspecified atom stereocenters. The third-order valence-corrected chi connectivity index (χ3v) is 4.49. The lowest BCUT2D eigenvalue weighted by Crippen LogP contribution is -2.44. The number of pyridine rings is 1. The fourth-order valence-corrected chi connectivity index (χ4v) is 3.29. The molecule has 2 aliphatic heterocycles. The second kappa shape index (κ2) is 6.01. The number of rotatable bonds is 3. The predicted molar refractivity (Wildman–Crippen MR) is 85.0 cm³/mol. The molecule has 1 amide bonds. The van der Waals surface area contributed by atoms with Gasteiger partial charge in [0.2, 0.25) is 5.88 Å². The van der Waals surface area contributed by atoms with E-state index < -0.39 is 6.10 Å². The number of aromatic nitrogens is 1. The van der Waals surface area contributed by atoms with Crippen LogP contribution in [0.15, 0.2) is 30.3 Å². The van der Waals surface area contributed by atoms with Gasteiger partial charge in [-0.1, -0.05) is 18.2 Å². The molecule has 0 bridgehead atoms. The fraction of sp³-hybridized carbons (Fsp3) is 0.412. The van der Waals surface area contributed by atoms with Crippen LogP contribution in [0.4, 0.5) is 0 Å². The van der Waals surface area contributed by atoms with Crippen LogP contribution in [0, 0.1) is 0 Å². The number of fused-ring (bicyclic) bond motifs is 2. The summed E-state index contributed by atoms with van der Waals surface area (Å²) in [4.78, 5) is 17.1. The topological polar surface area (TPSA) is 89.9 Å². The third kappa shape index (κ3) is 2.50. The fourth-order valence-electron chi connectivity index (χ4n) is 3.29. The van der Waals surface area contributed by atoms with Gasteiger partial charge in [0, 0.05) is 11.5 Å². The molecule has 0 spiro atoms. The number of carbonyl (C=O) groups excluding carboxylic acids is 1. The Morgan fingerprint density at radius 3 is 2.92 bits per heavy atom. The minimum atomic E-state index is -0.640. The van der Waals surface area contributed by atoms with Gasteiger partial charge in [0.1, 0.15) is 18.3 Å². The SMILES string of the molecule is COc1cc(C(=O)N[C@@H]2CO[C@H]3[C@@H]2OC[C@H]3O)c2ccccc2n1. The molecular weight excluding hydrogens is 312 g/mol. The van der Waals surface area contributed by atoms with E-state index in [2.05, 4.69) is 10.3 Å². The van der Waals surface area contributed by atoms with Crippen LogP contribution < -0.4 is 10.1 Å². The maximum atomic E-state index is 12.8. The van der Waals surface area contributed by atoms with Gasteiger partial charge in [0.25, 0.3) is 5.91 Å². The number of nitrogens with one attached hydrogen (secondary N) is 1. The van der Waals surface area contributed by atoms with Crippen molar-refractivity contribution in [3.63, 3.8) is 0 Å². The lowest BCUT2D eigenvalue weighted by molar-refractivity contribution is 0.0178. The van der Waals surface area contributed by atoms with Crippen molar-refractivity contribution in [1.29, 1.82) is 0 Å². The minimum absolute atomic E-state index is 0.230. The molecule has 2 aliphatic rings. The van der Waals surface area contributed by atoms with Gasteiger partial charge in [0.05, 0.1) is 37.4 Å². The van der Waals surface area contributed by atoms with E-state index in [1.165, 1.54) is 7.11 Å². The molecule has 1 aromatic carbocycles. The van der Waals surface area contributed by atoms with Crippen LogP contribution >= 0.6 is 0 Å². The number of methoxy groups -OCH3 is 1. The zero-order valence-electron chi connectivity index (χ0n) is 13.1. The van der Waals surface area contributed by atoms with Crippen LogP contribution in [0.25, 0.3) is 10.9 Å². The number of aliphatic hydroxyl groups is 1. The van der Waals surface area contributed by atoms with E-state index in [9.17, 15) is 9.90 Å². The number of amides is 1. The number of nitrogens with zero attached hydrogens (tertiary/aromatic N) is 1. The van der Waals surface area contributed by atoms with Gasteiger partial charge in [-0.15, -0.1) is 0 Å². The Kier molecular flexibility index (Phi) is 3.84. The highest BCUT2D eigenvalue weighted by Gasteiger charge is 2.47. The smallest absolute Gasteiger partial charge is 0.252 e. The molecule has 2 aromatic rings. The van der Waals surface area contributed by atoms with Crippen molar-refractivity contribution in [3.8, 4) is 5.88 Å². The van der Waals surface area contributed by atoms with Crippen molar-refractivity contribution >= 4 is 16.8 Å². The highest BCUT2D eigenvalue weighted by Crippen LogP contribution is 2.28. The number of benzene rings is 1. The highest BCUT2D eigenvalue weighted by atomic mass is 16.6. The second-order valence-electron chi connectivity index (χ2n) is 5.97. The molecule has 3 heterocycles. The van der Waals surface area contributed by atoms with Crippen molar-refractivity contribution in [1.82, 2.24) is 10.3 Å². The summed E-state index contributed by atoms with van der Waals surface area (Å²) >= 11 is 0. The molecule has 0 radical (unpaired) electrons. The third-order valence-electron chi connectivity index (χ3n) is 4.49. The molecule has 0 aliphatic carbocycles. The molecule has 4 atom stereocenters. The number of hydrogen-bond acceptors (Lipinski definition) is 6. The molecule has 2 fully saturated rings. The van der Waals surface area contributed by atoms with E-state index in [1.54, 1.807) is 6.07 Å². The van der Waals surface area contributed by atoms with Crippen LogP contribution in [0.5, 0.6) is 5.88 Å². The van der Waals surface area contributed by atoms with E-state index in [0.29, 0.717) is 23.6 Å². The van der Waals surface area contributed by atoms with Crippen LogP contribution in [-0.2, 0) is 9.47 Å². The molecule has 7 heteroatoms. The lowest BCUT2D eigenvalue weighted by Gasteiger charge is -2.18. The molecule has 24 heavy (non-hydrogen) atoms. The maximum Gasteiger partial charge on any atom is 0.252 e. The van der Waals surface area contributed by atoms with Gasteiger partial charge in [-0.3, -0.25) is 4.79 Å². The molecule has 0 saturated carbocycles. The summed E-state index contributed by atoms with van der Waals surface area (Å²) in [6, 6.07) is 8.73. The maximum absolute atomic E-state index is 12.8. The average Bonchev–Trinajstić information content (AvgIpc) is 3.17. The predicted octanol–water partition coefficient (Wildman–Crippen LogP) is 0.500. The van der Waals surface area contributed by atoms with Crippen molar-refractivity contribution < 1.29 is 24.1 Å². The van der Waals surface area contributed by atoms with Gasteiger partial charge in [-0.25, -0.2) is 4.98 Å². The van der Waals surface area contributed by atoms with Gasteiger partial charge in [-0.2, -0.15) is 0 Å². The number of carbonyl (C=O) groups is 1. The quantitative estimate of drug-likeness (QED) is 0.852. The standard InChI is InChI=1S/C17H18N2O5/c1-22-14-6-10(9-4-2-3-5-11(9)18-14)17(21)19-12-7-23-16-13(20)8-24-15(12)16/h2-6,12-13,15-16,20H,7-8H2,1H3,(H,19,21)/t12-,13-,15-,16-/m1/s1. The Labute approximate surface area is 138 Å². The summed E-state index contributed by atoms with van der Waals surface area (Å²) in [7, 11) is 1.52. The van der Waals surface area contributed by atoms with E-state index in [1.807, 2.05) is 24.3 Å². The molecule has 2 saturated heterocycles. The summed E-state index contributed by atoms with van der Waals surface area (Å²) in [5, 5.41) is 13.5. The van der Waals surface area contributed by atoms with Gasteiger partial charge in [0.15, 0.2) is 0 Å². The Hall–Kier alpha value is -2.22. The number of aliphatic hydroxyl groups excluding tert-OH is 1. The van der Waals surface area contributed by atoms with Crippen molar-refractivity contribution in [3.05, 3.63) is 35.9 Å². The zero-order chi connectivity index (χ0) is 16.7. The summed E-state index contributed by atoms with van der Waals surface area (Å²) in [6.45, 7) is 0.548. The second-order valence-corrected chi connectivity index (χ2v) is 5.97. The molecule has 4 rings (SSSR count). The molecular formula is C17H18N2O5. The Morgan fingerprint density at radius 2 is 2.08 bits per heavy atom. The van der Waals surface area contributed by atoms with Gasteiger partial charge in [-0.05, 0) is 6.07 Å². The van der Waals surface area contributed by atoms with E-state index >= 15 is 0 Å². The van der Waals surface area contributed by atoms with Crippen LogP contribution in [0.2, 0.25) is 0 Å².